The molecular weight excluding hydrogens is 352 g/mol. The molecule has 0 saturated heterocycles. The molecule has 1 fully saturated rings. The van der Waals surface area contributed by atoms with E-state index in [1.54, 1.807) is 35.4 Å². The largest absolute Gasteiger partial charge is 0.508 e. The van der Waals surface area contributed by atoms with Crippen molar-refractivity contribution in [1.82, 2.24) is 4.98 Å². The van der Waals surface area contributed by atoms with E-state index in [-0.39, 0.29) is 23.4 Å². The Morgan fingerprint density at radius 2 is 1.79 bits per heavy atom. The van der Waals surface area contributed by atoms with Gasteiger partial charge in [-0.1, -0.05) is 30.3 Å². The summed E-state index contributed by atoms with van der Waals surface area (Å²) >= 11 is 0. The van der Waals surface area contributed by atoms with Crippen molar-refractivity contribution in [2.45, 2.75) is 11.8 Å². The van der Waals surface area contributed by atoms with Crippen LogP contribution in [0.3, 0.4) is 0 Å². The van der Waals surface area contributed by atoms with Crippen molar-refractivity contribution >= 4 is 17.4 Å². The first-order chi connectivity index (χ1) is 13.6. The van der Waals surface area contributed by atoms with E-state index < -0.39 is 5.41 Å². The number of rotatable bonds is 2. The Morgan fingerprint density at radius 3 is 2.54 bits per heavy atom. The normalized spacial score (nSPS) is 22.8. The van der Waals surface area contributed by atoms with Gasteiger partial charge in [0.2, 0.25) is 0 Å². The molecule has 1 aliphatic heterocycles. The highest BCUT2D eigenvalue weighted by atomic mass is 16.3. The van der Waals surface area contributed by atoms with Crippen LogP contribution in [0.2, 0.25) is 0 Å². The number of carbonyl (C=O) groups is 2. The van der Waals surface area contributed by atoms with Gasteiger partial charge in [0.05, 0.1) is 11.1 Å². The minimum absolute atomic E-state index is 0.0136. The number of aromatic hydroxyl groups is 1. The third kappa shape index (κ3) is 2.36. The summed E-state index contributed by atoms with van der Waals surface area (Å²) in [7, 11) is 0. The predicted octanol–water partition coefficient (Wildman–Crippen LogP) is 3.59. The number of fused-ring (bicyclic) bond motifs is 2. The third-order valence-corrected chi connectivity index (χ3v) is 5.85. The molecule has 3 aromatic rings. The van der Waals surface area contributed by atoms with Crippen LogP contribution in [0.1, 0.15) is 32.8 Å². The molecule has 28 heavy (non-hydrogen) atoms. The van der Waals surface area contributed by atoms with E-state index >= 15 is 0 Å². The number of nitrogens with zero attached hydrogens (tertiary/aromatic N) is 2. The van der Waals surface area contributed by atoms with Crippen LogP contribution < -0.4 is 4.90 Å². The van der Waals surface area contributed by atoms with Crippen LogP contribution in [0, 0.1) is 5.92 Å². The second-order valence-electron chi connectivity index (χ2n) is 7.40. The maximum absolute atomic E-state index is 13.5. The van der Waals surface area contributed by atoms with Crippen LogP contribution in [-0.4, -0.2) is 28.3 Å². The Hall–Kier alpha value is -3.47. The predicted molar refractivity (Wildman–Crippen MR) is 105 cm³/mol. The lowest BCUT2D eigenvalue weighted by Crippen LogP contribution is -2.33. The molecule has 5 heteroatoms. The van der Waals surface area contributed by atoms with Crippen molar-refractivity contribution in [2.24, 2.45) is 5.92 Å². The van der Waals surface area contributed by atoms with E-state index in [2.05, 4.69) is 4.98 Å². The van der Waals surface area contributed by atoms with Gasteiger partial charge < -0.3 is 10.0 Å². The first kappa shape index (κ1) is 16.7. The van der Waals surface area contributed by atoms with E-state index in [9.17, 15) is 14.7 Å². The summed E-state index contributed by atoms with van der Waals surface area (Å²) in [5.74, 6) is -0.0502. The molecule has 1 saturated carbocycles. The Labute approximate surface area is 162 Å². The third-order valence-electron chi connectivity index (χ3n) is 5.85. The van der Waals surface area contributed by atoms with Gasteiger partial charge in [0, 0.05) is 18.3 Å². The zero-order valence-corrected chi connectivity index (χ0v) is 15.1. The van der Waals surface area contributed by atoms with Gasteiger partial charge in [-0.3, -0.25) is 14.6 Å². The number of phenolic OH excluding ortho intramolecular Hbond substituents is 1. The van der Waals surface area contributed by atoms with Gasteiger partial charge in [0.1, 0.15) is 11.4 Å². The average molecular weight is 370 g/mol. The van der Waals surface area contributed by atoms with Gasteiger partial charge in [-0.15, -0.1) is 0 Å². The number of hydrogen-bond acceptors (Lipinski definition) is 4. The number of benzene rings is 2. The molecule has 0 bridgehead atoms. The molecular formula is C23H18N2O3. The van der Waals surface area contributed by atoms with Gasteiger partial charge in [0.15, 0.2) is 5.78 Å². The van der Waals surface area contributed by atoms with E-state index in [1.807, 2.05) is 30.3 Å². The maximum atomic E-state index is 13.5. The van der Waals surface area contributed by atoms with Gasteiger partial charge in [0.25, 0.3) is 5.91 Å². The van der Waals surface area contributed by atoms with E-state index in [1.165, 1.54) is 12.1 Å². The first-order valence-electron chi connectivity index (χ1n) is 9.27. The number of anilines is 1. The molecule has 2 atom stereocenters. The smallest absolute Gasteiger partial charge is 0.258 e. The summed E-state index contributed by atoms with van der Waals surface area (Å²) < 4.78 is 0. The summed E-state index contributed by atoms with van der Waals surface area (Å²) in [6.45, 7) is 0.457. The van der Waals surface area contributed by atoms with Crippen molar-refractivity contribution in [3.63, 3.8) is 0 Å². The van der Waals surface area contributed by atoms with E-state index in [0.717, 1.165) is 5.56 Å². The van der Waals surface area contributed by atoms with Crippen LogP contribution >= 0.6 is 0 Å². The first-order valence-corrected chi connectivity index (χ1v) is 9.27. The molecule has 2 aliphatic rings. The van der Waals surface area contributed by atoms with Crippen LogP contribution in [0.5, 0.6) is 5.75 Å². The summed E-state index contributed by atoms with van der Waals surface area (Å²) in [5.41, 5.74) is 1.74. The van der Waals surface area contributed by atoms with E-state index in [4.69, 9.17) is 0 Å². The standard InChI is InChI=1S/C23H18N2O3/c26-18-10-8-15(9-11-18)22(28)25-14-17-13-23(17,16-5-2-1-3-6-16)21(27)20-19(25)7-4-12-24-20/h1-12,17,26H,13-14H2/t17-,23+/m0/s1. The van der Waals surface area contributed by atoms with Crippen LogP contribution in [0.25, 0.3) is 0 Å². The number of pyridine rings is 1. The number of Topliss-reactive ketones (excluding diaryl/α,β-unsaturated/α-hetero) is 1. The summed E-state index contributed by atoms with van der Waals surface area (Å²) in [4.78, 5) is 32.8. The Morgan fingerprint density at radius 1 is 1.04 bits per heavy atom. The van der Waals surface area contributed by atoms with Gasteiger partial charge >= 0.3 is 0 Å². The fourth-order valence-electron chi connectivity index (χ4n) is 4.32. The van der Waals surface area contributed by atoms with Gasteiger partial charge in [-0.2, -0.15) is 0 Å². The van der Waals surface area contributed by atoms with Crippen molar-refractivity contribution in [3.8, 4) is 5.75 Å². The van der Waals surface area contributed by atoms with Crippen LogP contribution in [0.15, 0.2) is 72.9 Å². The monoisotopic (exact) mass is 370 g/mol. The Bertz CT molecular complexity index is 1080. The average Bonchev–Trinajstić information content (AvgIpc) is 3.48. The minimum Gasteiger partial charge on any atom is -0.508 e. The molecule has 2 aromatic carbocycles. The van der Waals surface area contributed by atoms with Crippen LogP contribution in [-0.2, 0) is 5.41 Å². The molecule has 0 radical (unpaired) electrons. The zero-order valence-electron chi connectivity index (χ0n) is 15.1. The summed E-state index contributed by atoms with van der Waals surface area (Å²) in [5, 5.41) is 9.52. The second kappa shape index (κ2) is 6.02. The molecule has 2 heterocycles. The summed E-state index contributed by atoms with van der Waals surface area (Å²) in [6, 6.07) is 19.5. The summed E-state index contributed by atoms with van der Waals surface area (Å²) in [6.07, 6.45) is 2.31. The van der Waals surface area contributed by atoms with Crippen molar-refractivity contribution in [2.75, 3.05) is 11.4 Å². The van der Waals surface area contributed by atoms with Crippen molar-refractivity contribution in [1.29, 1.82) is 0 Å². The highest BCUT2D eigenvalue weighted by Crippen LogP contribution is 2.58. The van der Waals surface area contributed by atoms with E-state index in [0.29, 0.717) is 29.9 Å². The minimum atomic E-state index is -0.603. The molecule has 5 rings (SSSR count). The molecule has 0 spiro atoms. The fraction of sp³-hybridized carbons (Fsp3) is 0.174. The topological polar surface area (TPSA) is 70.5 Å². The number of carbonyl (C=O) groups excluding carboxylic acids is 2. The maximum Gasteiger partial charge on any atom is 0.258 e. The highest BCUT2D eigenvalue weighted by molar-refractivity contribution is 6.15. The lowest BCUT2D eigenvalue weighted by atomic mass is 9.87. The Kier molecular flexibility index (Phi) is 3.59. The lowest BCUT2D eigenvalue weighted by Gasteiger charge is -2.23. The second-order valence-corrected chi connectivity index (χ2v) is 7.40. The van der Waals surface area contributed by atoms with Gasteiger partial charge in [-0.05, 0) is 54.3 Å². The molecule has 1 amide bonds. The molecule has 5 nitrogen and oxygen atoms in total. The number of amides is 1. The van der Waals surface area contributed by atoms with Crippen molar-refractivity contribution in [3.05, 3.63) is 89.7 Å². The highest BCUT2D eigenvalue weighted by Gasteiger charge is 2.63. The Balaban J connectivity index is 1.61. The molecule has 1 N–H and O–H groups in total. The number of ketones is 1. The molecule has 1 aliphatic carbocycles. The molecule has 0 unspecified atom stereocenters. The molecule has 1 aromatic heterocycles. The van der Waals surface area contributed by atoms with Crippen LogP contribution in [0.4, 0.5) is 5.69 Å². The fourth-order valence-corrected chi connectivity index (χ4v) is 4.32. The van der Waals surface area contributed by atoms with Crippen molar-refractivity contribution < 1.29 is 14.7 Å². The quantitative estimate of drug-likeness (QED) is 0.748. The number of hydrogen-bond donors (Lipinski definition) is 1. The van der Waals surface area contributed by atoms with Gasteiger partial charge in [-0.25, -0.2) is 0 Å². The number of aromatic nitrogens is 1. The number of phenols is 1. The lowest BCUT2D eigenvalue weighted by molar-refractivity contribution is 0.0934. The molecule has 138 valence electrons. The zero-order chi connectivity index (χ0) is 19.3. The SMILES string of the molecule is O=C(c1ccc(O)cc1)N1C[C@@H]2C[C@]2(c2ccccc2)C(=O)c2ncccc21.